The Hall–Kier alpha value is -4.17. The number of amides is 1. The van der Waals surface area contributed by atoms with Crippen LogP contribution in [0.3, 0.4) is 0 Å². The van der Waals surface area contributed by atoms with Gasteiger partial charge in [0.15, 0.2) is 0 Å². The maximum atomic E-state index is 12.7. The zero-order chi connectivity index (χ0) is 23.4. The maximum absolute atomic E-state index is 12.7. The second-order valence-electron chi connectivity index (χ2n) is 7.38. The van der Waals surface area contributed by atoms with Crippen molar-refractivity contribution in [2.75, 3.05) is 10.0 Å². The van der Waals surface area contributed by atoms with Gasteiger partial charge in [0, 0.05) is 11.4 Å². The van der Waals surface area contributed by atoms with E-state index in [0.29, 0.717) is 22.6 Å². The topological polar surface area (TPSA) is 108 Å². The van der Waals surface area contributed by atoms with Gasteiger partial charge in [-0.1, -0.05) is 54.6 Å². The van der Waals surface area contributed by atoms with Crippen molar-refractivity contribution >= 4 is 27.3 Å². The average Bonchev–Trinajstić information content (AvgIpc) is 2.82. The Morgan fingerprint density at radius 2 is 1.52 bits per heavy atom. The number of nitrogens with one attached hydrogen (secondary N) is 3. The second kappa shape index (κ2) is 9.13. The number of aromatic nitrogens is 1. The molecule has 0 bridgehead atoms. The summed E-state index contributed by atoms with van der Waals surface area (Å²) in [5.41, 5.74) is 2.21. The Balaban J connectivity index is 1.55. The molecule has 0 spiro atoms. The van der Waals surface area contributed by atoms with Crippen molar-refractivity contribution in [1.29, 1.82) is 0 Å². The fourth-order valence-electron chi connectivity index (χ4n) is 3.25. The van der Waals surface area contributed by atoms with Crippen molar-refractivity contribution in [3.8, 4) is 11.3 Å². The Bertz CT molecular complexity index is 1460. The third-order valence-corrected chi connectivity index (χ3v) is 6.41. The molecule has 0 aliphatic rings. The fraction of sp³-hybridized carbons (Fsp3) is 0.0400. The molecule has 0 radical (unpaired) electrons. The summed E-state index contributed by atoms with van der Waals surface area (Å²) >= 11 is 0. The highest BCUT2D eigenvalue weighted by atomic mass is 32.2. The molecule has 1 heterocycles. The monoisotopic (exact) mass is 459 g/mol. The van der Waals surface area contributed by atoms with Crippen LogP contribution < -0.4 is 15.6 Å². The number of anilines is 2. The summed E-state index contributed by atoms with van der Waals surface area (Å²) in [5.74, 6) is -0.600. The third kappa shape index (κ3) is 5.02. The fourth-order valence-corrected chi connectivity index (χ4v) is 4.39. The predicted molar refractivity (Wildman–Crippen MR) is 129 cm³/mol. The molecule has 3 N–H and O–H groups in total. The highest BCUT2D eigenvalue weighted by Crippen LogP contribution is 2.24. The number of rotatable bonds is 6. The van der Waals surface area contributed by atoms with E-state index in [2.05, 4.69) is 15.0 Å². The molecular formula is C25H21N3O4S. The van der Waals surface area contributed by atoms with Crippen molar-refractivity contribution in [2.45, 2.75) is 11.8 Å². The van der Waals surface area contributed by atoms with Crippen LogP contribution >= 0.6 is 0 Å². The molecule has 1 amide bonds. The van der Waals surface area contributed by atoms with Crippen LogP contribution in [0.25, 0.3) is 11.3 Å². The van der Waals surface area contributed by atoms with Crippen LogP contribution in [-0.2, 0) is 10.0 Å². The van der Waals surface area contributed by atoms with Crippen LogP contribution in [0, 0.1) is 6.92 Å². The minimum atomic E-state index is -3.79. The van der Waals surface area contributed by atoms with Crippen LogP contribution in [0.4, 0.5) is 11.4 Å². The van der Waals surface area contributed by atoms with Gasteiger partial charge in [0.05, 0.1) is 10.6 Å². The van der Waals surface area contributed by atoms with Gasteiger partial charge in [-0.3, -0.25) is 14.3 Å². The highest BCUT2D eigenvalue weighted by molar-refractivity contribution is 7.92. The molecule has 1 aromatic heterocycles. The molecule has 0 saturated carbocycles. The molecule has 3 aromatic carbocycles. The van der Waals surface area contributed by atoms with E-state index in [1.807, 2.05) is 30.3 Å². The number of aromatic amines is 1. The highest BCUT2D eigenvalue weighted by Gasteiger charge is 2.16. The van der Waals surface area contributed by atoms with Gasteiger partial charge in [-0.05, 0) is 54.4 Å². The van der Waals surface area contributed by atoms with Crippen molar-refractivity contribution in [1.82, 2.24) is 4.98 Å². The zero-order valence-corrected chi connectivity index (χ0v) is 18.5. The number of pyridine rings is 1. The van der Waals surface area contributed by atoms with Gasteiger partial charge in [-0.25, -0.2) is 8.42 Å². The van der Waals surface area contributed by atoms with E-state index in [4.69, 9.17) is 0 Å². The largest absolute Gasteiger partial charge is 0.322 e. The summed E-state index contributed by atoms with van der Waals surface area (Å²) in [5, 5.41) is 2.66. The Morgan fingerprint density at radius 1 is 0.848 bits per heavy atom. The Morgan fingerprint density at radius 3 is 2.18 bits per heavy atom. The number of hydrogen-bond acceptors (Lipinski definition) is 4. The maximum Gasteiger partial charge on any atom is 0.261 e. The summed E-state index contributed by atoms with van der Waals surface area (Å²) in [4.78, 5) is 28.1. The lowest BCUT2D eigenvalue weighted by Gasteiger charge is -2.13. The number of carbonyl (C=O) groups is 1. The summed E-state index contributed by atoms with van der Waals surface area (Å²) < 4.78 is 27.9. The lowest BCUT2D eigenvalue weighted by molar-refractivity contribution is 0.102. The van der Waals surface area contributed by atoms with Crippen LogP contribution in [0.1, 0.15) is 15.9 Å². The van der Waals surface area contributed by atoms with E-state index in [-0.39, 0.29) is 10.5 Å². The van der Waals surface area contributed by atoms with Gasteiger partial charge in [0.1, 0.15) is 5.56 Å². The smallest absolute Gasteiger partial charge is 0.261 e. The molecule has 0 unspecified atom stereocenters. The minimum Gasteiger partial charge on any atom is -0.322 e. The molecule has 0 fully saturated rings. The molecular weight excluding hydrogens is 438 g/mol. The van der Waals surface area contributed by atoms with Crippen LogP contribution in [0.15, 0.2) is 101 Å². The molecule has 0 atom stereocenters. The van der Waals surface area contributed by atoms with Crippen LogP contribution in [-0.4, -0.2) is 19.3 Å². The van der Waals surface area contributed by atoms with E-state index in [0.717, 1.165) is 5.56 Å². The number of H-pyrrole nitrogens is 1. The number of sulfonamides is 1. The SMILES string of the molecule is Cc1ccc(NC(=O)c2ccc(-c3ccccc3)[nH]c2=O)cc1NS(=O)(=O)c1ccccc1. The summed E-state index contributed by atoms with van der Waals surface area (Å²) in [6.07, 6.45) is 0. The van der Waals surface area contributed by atoms with Crippen molar-refractivity contribution in [3.05, 3.63) is 112 Å². The normalized spacial score (nSPS) is 11.1. The van der Waals surface area contributed by atoms with E-state index < -0.39 is 21.5 Å². The first-order chi connectivity index (χ1) is 15.8. The third-order valence-electron chi connectivity index (χ3n) is 5.03. The van der Waals surface area contributed by atoms with E-state index in [1.165, 1.54) is 24.3 Å². The van der Waals surface area contributed by atoms with Crippen LogP contribution in [0.5, 0.6) is 0 Å². The first-order valence-electron chi connectivity index (χ1n) is 10.1. The molecule has 166 valence electrons. The van der Waals surface area contributed by atoms with Crippen molar-refractivity contribution in [3.63, 3.8) is 0 Å². The Kier molecular flexibility index (Phi) is 6.10. The summed E-state index contributed by atoms with van der Waals surface area (Å²) in [6.45, 7) is 1.75. The molecule has 4 aromatic rings. The van der Waals surface area contributed by atoms with Gasteiger partial charge >= 0.3 is 0 Å². The van der Waals surface area contributed by atoms with Gasteiger partial charge in [0.25, 0.3) is 21.5 Å². The zero-order valence-electron chi connectivity index (χ0n) is 17.7. The first-order valence-corrected chi connectivity index (χ1v) is 11.6. The van der Waals surface area contributed by atoms with Gasteiger partial charge < -0.3 is 10.3 Å². The summed E-state index contributed by atoms with van der Waals surface area (Å²) in [7, 11) is -3.79. The number of benzene rings is 3. The standard InChI is InChI=1S/C25H21N3O4S/c1-17-12-13-19(16-23(17)28-33(31,32)20-10-6-3-7-11-20)26-24(29)21-14-15-22(27-25(21)30)18-8-4-2-5-9-18/h2-16,28H,1H3,(H,26,29)(H,27,30). The number of carbonyl (C=O) groups excluding carboxylic acids is 1. The van der Waals surface area contributed by atoms with Crippen molar-refractivity contribution in [2.24, 2.45) is 0 Å². The minimum absolute atomic E-state index is 0.0540. The molecule has 8 heteroatoms. The molecule has 33 heavy (non-hydrogen) atoms. The van der Waals surface area contributed by atoms with Crippen molar-refractivity contribution < 1.29 is 13.2 Å². The van der Waals surface area contributed by atoms with E-state index in [9.17, 15) is 18.0 Å². The predicted octanol–water partition coefficient (Wildman–Crippen LogP) is 4.40. The second-order valence-corrected chi connectivity index (χ2v) is 9.07. The first kappa shape index (κ1) is 22.0. The number of aryl methyl sites for hydroxylation is 1. The quantitative estimate of drug-likeness (QED) is 0.397. The Labute approximate surface area is 191 Å². The van der Waals surface area contributed by atoms with E-state index >= 15 is 0 Å². The molecule has 4 rings (SSSR count). The average molecular weight is 460 g/mol. The van der Waals surface area contributed by atoms with Gasteiger partial charge in [-0.2, -0.15) is 0 Å². The van der Waals surface area contributed by atoms with E-state index in [1.54, 1.807) is 43.3 Å². The van der Waals surface area contributed by atoms with Crippen LogP contribution in [0.2, 0.25) is 0 Å². The lowest BCUT2D eigenvalue weighted by Crippen LogP contribution is -2.23. The summed E-state index contributed by atoms with van der Waals surface area (Å²) in [6, 6.07) is 25.3. The van der Waals surface area contributed by atoms with Gasteiger partial charge in [0.2, 0.25) is 0 Å². The molecule has 0 aliphatic heterocycles. The molecule has 7 nitrogen and oxygen atoms in total. The van der Waals surface area contributed by atoms with Gasteiger partial charge in [-0.15, -0.1) is 0 Å². The molecule has 0 aliphatic carbocycles. The molecule has 0 saturated heterocycles. The lowest BCUT2D eigenvalue weighted by atomic mass is 10.1. The number of hydrogen-bond donors (Lipinski definition) is 3.